The van der Waals surface area contributed by atoms with E-state index in [9.17, 15) is 31.1 Å². The van der Waals surface area contributed by atoms with Gasteiger partial charge in [-0.15, -0.1) is 0 Å². The minimum absolute atomic E-state index is 0.0487. The van der Waals surface area contributed by atoms with Gasteiger partial charge in [-0.2, -0.15) is 26.3 Å². The van der Waals surface area contributed by atoms with Crippen LogP contribution < -0.4 is 10.6 Å². The summed E-state index contributed by atoms with van der Waals surface area (Å²) in [6.07, 6.45) is -12.0. The number of rotatable bonds is 8. The van der Waals surface area contributed by atoms with Crippen LogP contribution in [0.2, 0.25) is 0 Å². The van der Waals surface area contributed by atoms with Crippen LogP contribution in [0.1, 0.15) is 42.4 Å². The van der Waals surface area contributed by atoms with Crippen molar-refractivity contribution >= 4 is 5.91 Å². The Labute approximate surface area is 180 Å². The number of halogens is 6. The van der Waals surface area contributed by atoms with E-state index in [-0.39, 0.29) is 41.1 Å². The number of carbonyl (C=O) groups is 1. The van der Waals surface area contributed by atoms with Crippen molar-refractivity contribution < 1.29 is 40.8 Å². The maximum Gasteiger partial charge on any atom is 0.416 e. The number of nitrogens with one attached hydrogen (secondary N) is 2. The number of benzene rings is 1. The minimum Gasteiger partial charge on any atom is -0.382 e. The SMILES string of the molecule is CC(C)C(C)NC(=O)c1noc(-c2ccc(C(F)(F)F)cc2)c1CNCC(O)C(F)(F)F. The Morgan fingerprint density at radius 3 is 2.19 bits per heavy atom. The fourth-order valence-electron chi connectivity index (χ4n) is 2.58. The fourth-order valence-corrected chi connectivity index (χ4v) is 2.58. The fraction of sp³-hybridized carbons (Fsp3) is 0.500. The molecule has 0 aliphatic heterocycles. The zero-order valence-corrected chi connectivity index (χ0v) is 17.4. The number of aromatic nitrogens is 1. The van der Waals surface area contributed by atoms with E-state index in [1.165, 1.54) is 0 Å². The van der Waals surface area contributed by atoms with Gasteiger partial charge >= 0.3 is 12.4 Å². The highest BCUT2D eigenvalue weighted by molar-refractivity contribution is 5.95. The molecule has 3 N–H and O–H groups in total. The van der Waals surface area contributed by atoms with E-state index >= 15 is 0 Å². The van der Waals surface area contributed by atoms with Gasteiger partial charge in [-0.3, -0.25) is 4.79 Å². The molecule has 2 aromatic rings. The molecule has 0 aliphatic carbocycles. The molecule has 32 heavy (non-hydrogen) atoms. The summed E-state index contributed by atoms with van der Waals surface area (Å²) in [7, 11) is 0. The highest BCUT2D eigenvalue weighted by atomic mass is 19.4. The Bertz CT molecular complexity index is 907. The number of aliphatic hydroxyl groups excluding tert-OH is 1. The van der Waals surface area contributed by atoms with Gasteiger partial charge in [-0.1, -0.05) is 31.1 Å². The van der Waals surface area contributed by atoms with E-state index in [2.05, 4.69) is 15.8 Å². The second-order valence-corrected chi connectivity index (χ2v) is 7.61. The second-order valence-electron chi connectivity index (χ2n) is 7.61. The Balaban J connectivity index is 2.34. The van der Waals surface area contributed by atoms with Gasteiger partial charge in [0, 0.05) is 30.3 Å². The number of hydrogen-bond donors (Lipinski definition) is 3. The number of amides is 1. The molecule has 0 fully saturated rings. The van der Waals surface area contributed by atoms with Crippen molar-refractivity contribution in [3.05, 3.63) is 41.1 Å². The molecule has 2 atom stereocenters. The number of nitrogens with zero attached hydrogens (tertiary/aromatic N) is 1. The summed E-state index contributed by atoms with van der Waals surface area (Å²) in [6.45, 7) is 4.25. The van der Waals surface area contributed by atoms with E-state index in [1.54, 1.807) is 6.92 Å². The maximum atomic E-state index is 12.8. The van der Waals surface area contributed by atoms with Crippen molar-refractivity contribution in [1.29, 1.82) is 0 Å². The topological polar surface area (TPSA) is 87.4 Å². The van der Waals surface area contributed by atoms with Crippen LogP contribution in [-0.4, -0.2) is 41.0 Å². The first-order valence-corrected chi connectivity index (χ1v) is 9.64. The molecule has 2 rings (SSSR count). The van der Waals surface area contributed by atoms with Gasteiger partial charge in [-0.25, -0.2) is 0 Å². The van der Waals surface area contributed by atoms with E-state index in [0.717, 1.165) is 24.3 Å². The largest absolute Gasteiger partial charge is 0.416 e. The van der Waals surface area contributed by atoms with Crippen LogP contribution in [0.5, 0.6) is 0 Å². The van der Waals surface area contributed by atoms with Crippen molar-refractivity contribution in [2.45, 2.75) is 51.8 Å². The van der Waals surface area contributed by atoms with Crippen LogP contribution in [-0.2, 0) is 12.7 Å². The first-order chi connectivity index (χ1) is 14.7. The smallest absolute Gasteiger partial charge is 0.382 e. The van der Waals surface area contributed by atoms with Gasteiger partial charge in [0.05, 0.1) is 5.56 Å². The molecule has 12 heteroatoms. The molecular formula is C20H23F6N3O3. The molecular weight excluding hydrogens is 444 g/mol. The predicted octanol–water partition coefficient (Wildman–Crippen LogP) is 4.15. The third-order valence-electron chi connectivity index (χ3n) is 4.85. The lowest BCUT2D eigenvalue weighted by Crippen LogP contribution is -2.39. The number of alkyl halides is 6. The average molecular weight is 467 g/mol. The highest BCUT2D eigenvalue weighted by Crippen LogP contribution is 2.32. The lowest BCUT2D eigenvalue weighted by atomic mass is 10.0. The summed E-state index contributed by atoms with van der Waals surface area (Å²) in [5, 5.41) is 17.9. The highest BCUT2D eigenvalue weighted by Gasteiger charge is 2.38. The monoisotopic (exact) mass is 467 g/mol. The molecule has 0 bridgehead atoms. The van der Waals surface area contributed by atoms with Crippen LogP contribution in [0.4, 0.5) is 26.3 Å². The zero-order chi connectivity index (χ0) is 24.3. The molecule has 0 spiro atoms. The van der Waals surface area contributed by atoms with Crippen LogP contribution in [0, 0.1) is 5.92 Å². The summed E-state index contributed by atoms with van der Waals surface area (Å²) < 4.78 is 81.3. The first kappa shape index (κ1) is 25.7. The number of carbonyl (C=O) groups excluding carboxylic acids is 1. The normalized spacial score (nSPS) is 14.5. The van der Waals surface area contributed by atoms with Crippen LogP contribution in [0.3, 0.4) is 0 Å². The maximum absolute atomic E-state index is 12.8. The molecule has 0 saturated heterocycles. The van der Waals surface area contributed by atoms with Gasteiger partial charge in [0.2, 0.25) is 0 Å². The van der Waals surface area contributed by atoms with Crippen molar-refractivity contribution in [1.82, 2.24) is 15.8 Å². The lowest BCUT2D eigenvalue weighted by Gasteiger charge is -2.17. The minimum atomic E-state index is -4.84. The van der Waals surface area contributed by atoms with Crippen molar-refractivity contribution in [3.8, 4) is 11.3 Å². The number of aliphatic hydroxyl groups is 1. The Morgan fingerprint density at radius 2 is 1.69 bits per heavy atom. The summed E-state index contributed by atoms with van der Waals surface area (Å²) in [5.41, 5.74) is -0.930. The standard InChI is InChI=1S/C20H23F6N3O3/c1-10(2)11(3)28-18(31)16-14(8-27-9-15(30)20(24,25)26)17(32-29-16)12-4-6-13(7-5-12)19(21,22)23/h4-7,10-11,15,27,30H,8-9H2,1-3H3,(H,28,31). The Morgan fingerprint density at radius 1 is 1.09 bits per heavy atom. The van der Waals surface area contributed by atoms with E-state index in [4.69, 9.17) is 9.63 Å². The Kier molecular flexibility index (Phi) is 7.94. The Hall–Kier alpha value is -2.60. The van der Waals surface area contributed by atoms with Crippen molar-refractivity contribution in [2.75, 3.05) is 6.54 Å². The zero-order valence-electron chi connectivity index (χ0n) is 17.4. The molecule has 1 heterocycles. The van der Waals surface area contributed by atoms with Crippen LogP contribution in [0.25, 0.3) is 11.3 Å². The molecule has 0 radical (unpaired) electrons. The summed E-state index contributed by atoms with van der Waals surface area (Å²) >= 11 is 0. The van der Waals surface area contributed by atoms with E-state index < -0.39 is 36.5 Å². The van der Waals surface area contributed by atoms with Crippen LogP contribution in [0.15, 0.2) is 28.8 Å². The molecule has 178 valence electrons. The molecule has 1 aromatic carbocycles. The molecule has 2 unspecified atom stereocenters. The average Bonchev–Trinajstić information content (AvgIpc) is 3.10. The van der Waals surface area contributed by atoms with Crippen LogP contribution >= 0.6 is 0 Å². The summed E-state index contributed by atoms with van der Waals surface area (Å²) in [4.78, 5) is 12.6. The molecule has 1 aromatic heterocycles. The van der Waals surface area contributed by atoms with Gasteiger partial charge in [0.15, 0.2) is 17.6 Å². The summed E-state index contributed by atoms with van der Waals surface area (Å²) in [6, 6.07) is 3.57. The van der Waals surface area contributed by atoms with E-state index in [0.29, 0.717) is 0 Å². The third kappa shape index (κ3) is 6.45. The molecule has 1 amide bonds. The molecule has 6 nitrogen and oxygen atoms in total. The van der Waals surface area contributed by atoms with Gasteiger partial charge < -0.3 is 20.3 Å². The van der Waals surface area contributed by atoms with Gasteiger partial charge in [0.1, 0.15) is 0 Å². The van der Waals surface area contributed by atoms with Gasteiger partial charge in [-0.05, 0) is 25.0 Å². The molecule has 0 saturated carbocycles. The lowest BCUT2D eigenvalue weighted by molar-refractivity contribution is -0.201. The quantitative estimate of drug-likeness (QED) is 0.508. The second kappa shape index (κ2) is 9.90. The van der Waals surface area contributed by atoms with Crippen molar-refractivity contribution in [2.24, 2.45) is 5.92 Å². The molecule has 0 aliphatic rings. The summed E-state index contributed by atoms with van der Waals surface area (Å²) in [5.74, 6) is -0.653. The third-order valence-corrected chi connectivity index (χ3v) is 4.85. The number of hydrogen-bond acceptors (Lipinski definition) is 5. The van der Waals surface area contributed by atoms with Gasteiger partial charge in [0.25, 0.3) is 5.91 Å². The van der Waals surface area contributed by atoms with Crippen molar-refractivity contribution in [3.63, 3.8) is 0 Å². The van der Waals surface area contributed by atoms with E-state index in [1.807, 2.05) is 13.8 Å². The predicted molar refractivity (Wildman–Crippen MR) is 102 cm³/mol. The first-order valence-electron chi connectivity index (χ1n) is 9.64.